The Morgan fingerprint density at radius 1 is 1.58 bits per heavy atom. The summed E-state index contributed by atoms with van der Waals surface area (Å²) in [5, 5.41) is 0. The Labute approximate surface area is 78.7 Å². The first-order valence-corrected chi connectivity index (χ1v) is 3.34. The molecule has 0 heterocycles. The van der Waals surface area contributed by atoms with Gasteiger partial charge in [0.05, 0.1) is 7.11 Å². The van der Waals surface area contributed by atoms with Crippen LogP contribution in [0.15, 0.2) is 23.8 Å². The van der Waals surface area contributed by atoms with Crippen molar-refractivity contribution in [3.63, 3.8) is 0 Å². The van der Waals surface area contributed by atoms with E-state index in [1.165, 1.54) is 7.11 Å². The maximum Gasteiger partial charge on any atom is 0.333 e. The number of hydrogen-bond acceptors (Lipinski definition) is 3. The molecule has 0 amide bonds. The van der Waals surface area contributed by atoms with E-state index in [9.17, 15) is 4.79 Å². The third-order valence-electron chi connectivity index (χ3n) is 1.13. The fourth-order valence-corrected chi connectivity index (χ4v) is 0.520. The van der Waals surface area contributed by atoms with Crippen LogP contribution in [0.4, 0.5) is 0 Å². The molecule has 0 fully saturated rings. The number of halogens is 1. The molecule has 0 bridgehead atoms. The molecule has 0 aromatic carbocycles. The van der Waals surface area contributed by atoms with Crippen molar-refractivity contribution in [1.29, 1.82) is 0 Å². The Morgan fingerprint density at radius 3 is 2.58 bits per heavy atom. The highest BCUT2D eigenvalue weighted by molar-refractivity contribution is 5.87. The Kier molecular flexibility index (Phi) is 9.52. The molecule has 0 atom stereocenters. The first-order chi connectivity index (χ1) is 5.22. The van der Waals surface area contributed by atoms with Crippen molar-refractivity contribution in [2.24, 2.45) is 5.73 Å². The van der Waals surface area contributed by atoms with Gasteiger partial charge in [0.1, 0.15) is 0 Å². The summed E-state index contributed by atoms with van der Waals surface area (Å²) in [4.78, 5) is 10.8. The van der Waals surface area contributed by atoms with Gasteiger partial charge < -0.3 is 10.5 Å². The minimum absolute atomic E-state index is 0. The number of nitrogens with two attached hydrogens (primary N) is 1. The van der Waals surface area contributed by atoms with Crippen molar-refractivity contribution in [3.8, 4) is 0 Å². The monoisotopic (exact) mass is 191 g/mol. The number of allylic oxidation sites excluding steroid dienone is 2. The van der Waals surface area contributed by atoms with E-state index in [0.29, 0.717) is 12.1 Å². The molecule has 0 aliphatic rings. The number of methoxy groups -OCH3 is 1. The lowest BCUT2D eigenvalue weighted by molar-refractivity contribution is -0.136. The Morgan fingerprint density at radius 2 is 2.17 bits per heavy atom. The fraction of sp³-hybridized carbons (Fsp3) is 0.375. The van der Waals surface area contributed by atoms with Gasteiger partial charge in [0.2, 0.25) is 0 Å². The average molecular weight is 192 g/mol. The maximum atomic E-state index is 10.8. The van der Waals surface area contributed by atoms with E-state index in [2.05, 4.69) is 4.74 Å². The lowest BCUT2D eigenvalue weighted by atomic mass is 10.3. The van der Waals surface area contributed by atoms with E-state index in [1.807, 2.05) is 0 Å². The Bertz CT molecular complexity index is 187. The smallest absolute Gasteiger partial charge is 0.333 e. The highest BCUT2D eigenvalue weighted by Gasteiger charge is 1.99. The minimum atomic E-state index is -0.313. The van der Waals surface area contributed by atoms with Crippen molar-refractivity contribution < 1.29 is 9.53 Å². The second-order valence-corrected chi connectivity index (χ2v) is 2.01. The van der Waals surface area contributed by atoms with Gasteiger partial charge in [-0.05, 0) is 6.92 Å². The predicted molar refractivity (Wildman–Crippen MR) is 51.2 cm³/mol. The highest BCUT2D eigenvalue weighted by Crippen LogP contribution is 1.94. The highest BCUT2D eigenvalue weighted by atomic mass is 35.5. The summed E-state index contributed by atoms with van der Waals surface area (Å²) in [6.45, 7) is 2.16. The summed E-state index contributed by atoms with van der Waals surface area (Å²) in [5.41, 5.74) is 5.76. The summed E-state index contributed by atoms with van der Waals surface area (Å²) in [5.74, 6) is -0.313. The van der Waals surface area contributed by atoms with Crippen LogP contribution in [0.1, 0.15) is 6.92 Å². The van der Waals surface area contributed by atoms with Crippen LogP contribution < -0.4 is 5.73 Å². The molecule has 0 aliphatic heterocycles. The number of carbonyl (C=O) groups excluding carboxylic acids is 1. The molecule has 0 unspecified atom stereocenters. The summed E-state index contributed by atoms with van der Waals surface area (Å²) in [6, 6.07) is 0. The van der Waals surface area contributed by atoms with Crippen LogP contribution in [-0.2, 0) is 9.53 Å². The van der Waals surface area contributed by atoms with Crippen molar-refractivity contribution in [2.45, 2.75) is 6.92 Å². The van der Waals surface area contributed by atoms with E-state index >= 15 is 0 Å². The molecule has 0 spiro atoms. The van der Waals surface area contributed by atoms with Gasteiger partial charge >= 0.3 is 5.97 Å². The molecule has 4 heteroatoms. The summed E-state index contributed by atoms with van der Waals surface area (Å²) < 4.78 is 4.47. The molecule has 0 saturated carbocycles. The van der Waals surface area contributed by atoms with E-state index in [0.717, 1.165) is 0 Å². The van der Waals surface area contributed by atoms with Crippen LogP contribution in [0, 0.1) is 0 Å². The second kappa shape index (κ2) is 8.30. The zero-order valence-corrected chi connectivity index (χ0v) is 8.06. The number of hydrogen-bond donors (Lipinski definition) is 1. The zero-order chi connectivity index (χ0) is 8.69. The SMILES string of the molecule is COC(=O)/C(C)=C/C=C/CN.Cl. The van der Waals surface area contributed by atoms with Gasteiger partial charge in [-0.25, -0.2) is 4.79 Å². The molecule has 0 aliphatic carbocycles. The van der Waals surface area contributed by atoms with Crippen LogP contribution in [0.3, 0.4) is 0 Å². The topological polar surface area (TPSA) is 52.3 Å². The molecule has 0 radical (unpaired) electrons. The first-order valence-electron chi connectivity index (χ1n) is 3.34. The molecular weight excluding hydrogens is 178 g/mol. The van der Waals surface area contributed by atoms with Gasteiger partial charge in [-0.2, -0.15) is 0 Å². The Balaban J connectivity index is 0. The summed E-state index contributed by atoms with van der Waals surface area (Å²) in [7, 11) is 1.35. The van der Waals surface area contributed by atoms with Crippen LogP contribution in [0.25, 0.3) is 0 Å². The van der Waals surface area contributed by atoms with E-state index in [-0.39, 0.29) is 18.4 Å². The molecule has 2 N–H and O–H groups in total. The number of ether oxygens (including phenoxy) is 1. The number of esters is 1. The van der Waals surface area contributed by atoms with Crippen molar-refractivity contribution >= 4 is 18.4 Å². The van der Waals surface area contributed by atoms with E-state index < -0.39 is 0 Å². The van der Waals surface area contributed by atoms with Crippen molar-refractivity contribution in [3.05, 3.63) is 23.8 Å². The normalized spacial score (nSPS) is 11.1. The lowest BCUT2D eigenvalue weighted by Gasteiger charge is -1.94. The number of rotatable bonds is 3. The van der Waals surface area contributed by atoms with Gasteiger partial charge in [0.25, 0.3) is 0 Å². The molecule has 3 nitrogen and oxygen atoms in total. The summed E-state index contributed by atoms with van der Waals surface area (Å²) >= 11 is 0. The number of carbonyl (C=O) groups is 1. The average Bonchev–Trinajstić information content (AvgIpc) is 2.03. The molecule has 12 heavy (non-hydrogen) atoms. The molecular formula is C8H14ClNO2. The van der Waals surface area contributed by atoms with Gasteiger partial charge in [-0.3, -0.25) is 0 Å². The van der Waals surface area contributed by atoms with E-state index in [4.69, 9.17) is 5.73 Å². The Hall–Kier alpha value is -0.800. The predicted octanol–water partition coefficient (Wildman–Crippen LogP) is 1.04. The second-order valence-electron chi connectivity index (χ2n) is 2.01. The largest absolute Gasteiger partial charge is 0.466 e. The van der Waals surface area contributed by atoms with Gasteiger partial charge in [-0.1, -0.05) is 18.2 Å². The molecule has 0 aromatic rings. The van der Waals surface area contributed by atoms with Crippen molar-refractivity contribution in [1.82, 2.24) is 0 Å². The van der Waals surface area contributed by atoms with Crippen LogP contribution in [0.2, 0.25) is 0 Å². The standard InChI is InChI=1S/C8H13NO2.ClH/c1-7(8(10)11-2)5-3-4-6-9;/h3-5H,6,9H2,1-2H3;1H/b4-3+,7-5+;. The van der Waals surface area contributed by atoms with Crippen LogP contribution in [-0.4, -0.2) is 19.6 Å². The molecule has 0 saturated heterocycles. The summed E-state index contributed by atoms with van der Waals surface area (Å²) in [6.07, 6.45) is 5.15. The third kappa shape index (κ3) is 5.95. The third-order valence-corrected chi connectivity index (χ3v) is 1.13. The molecule has 0 aromatic heterocycles. The first kappa shape index (κ1) is 13.8. The van der Waals surface area contributed by atoms with Gasteiger partial charge in [-0.15, -0.1) is 12.4 Å². The maximum absolute atomic E-state index is 10.8. The van der Waals surface area contributed by atoms with Crippen molar-refractivity contribution in [2.75, 3.05) is 13.7 Å². The van der Waals surface area contributed by atoms with Crippen LogP contribution >= 0.6 is 12.4 Å². The molecule has 70 valence electrons. The quantitative estimate of drug-likeness (QED) is 0.412. The zero-order valence-electron chi connectivity index (χ0n) is 7.24. The van der Waals surface area contributed by atoms with Crippen LogP contribution in [0.5, 0.6) is 0 Å². The molecule has 0 rings (SSSR count). The van der Waals surface area contributed by atoms with E-state index in [1.54, 1.807) is 25.2 Å². The van der Waals surface area contributed by atoms with Gasteiger partial charge in [0, 0.05) is 12.1 Å². The fourth-order valence-electron chi connectivity index (χ4n) is 0.520. The van der Waals surface area contributed by atoms with Gasteiger partial charge in [0.15, 0.2) is 0 Å². The lowest BCUT2D eigenvalue weighted by Crippen LogP contribution is -2.00. The minimum Gasteiger partial charge on any atom is -0.466 e.